The molecule has 1 heterocycles. The lowest BCUT2D eigenvalue weighted by Gasteiger charge is -2.18. The maximum Gasteiger partial charge on any atom is 0.241 e. The first-order chi connectivity index (χ1) is 11.0. The van der Waals surface area contributed by atoms with Crippen LogP contribution in [0, 0.1) is 0 Å². The average Bonchev–Trinajstić information content (AvgIpc) is 3.13. The van der Waals surface area contributed by atoms with E-state index in [2.05, 4.69) is 4.72 Å². The van der Waals surface area contributed by atoms with E-state index >= 15 is 0 Å². The summed E-state index contributed by atoms with van der Waals surface area (Å²) in [7, 11) is -3.65. The monoisotopic (exact) mass is 351 g/mol. The Kier molecular flexibility index (Phi) is 3.30. The smallest absolute Gasteiger partial charge is 0.241 e. The maximum absolute atomic E-state index is 12.7. The molecule has 0 spiro atoms. The van der Waals surface area contributed by atoms with Crippen molar-refractivity contribution in [2.24, 2.45) is 0 Å². The third kappa shape index (κ3) is 2.67. The Balaban J connectivity index is 1.63. The number of hydrogen-bond donors (Lipinski definition) is 1. The Hall–Kier alpha value is -1.76. The Labute approximate surface area is 139 Å². The van der Waals surface area contributed by atoms with Gasteiger partial charge in [0.05, 0.1) is 10.4 Å². The lowest BCUT2D eigenvalue weighted by molar-refractivity contribution is 0.174. The minimum atomic E-state index is -3.65. The van der Waals surface area contributed by atoms with Gasteiger partial charge in [0.1, 0.15) is 0 Å². The van der Waals surface area contributed by atoms with E-state index in [1.54, 1.807) is 18.2 Å². The van der Waals surface area contributed by atoms with E-state index in [0.717, 1.165) is 18.4 Å². The van der Waals surface area contributed by atoms with Gasteiger partial charge in [0.2, 0.25) is 16.8 Å². The molecule has 1 aliphatic carbocycles. The van der Waals surface area contributed by atoms with Crippen LogP contribution in [0.3, 0.4) is 0 Å². The van der Waals surface area contributed by atoms with E-state index in [-0.39, 0.29) is 11.7 Å². The molecule has 2 aliphatic rings. The number of halogens is 1. The first kappa shape index (κ1) is 14.8. The second-order valence-electron chi connectivity index (χ2n) is 5.71. The van der Waals surface area contributed by atoms with Gasteiger partial charge in [0, 0.05) is 11.1 Å². The number of ether oxygens (including phenoxy) is 2. The number of nitrogens with one attached hydrogen (secondary N) is 1. The average molecular weight is 352 g/mol. The maximum atomic E-state index is 12.7. The normalized spacial score (nSPS) is 18.0. The molecule has 0 amide bonds. The van der Waals surface area contributed by atoms with Crippen LogP contribution in [-0.2, 0) is 15.6 Å². The quantitative estimate of drug-likeness (QED) is 0.919. The molecule has 4 rings (SSSR count). The van der Waals surface area contributed by atoms with Crippen LogP contribution in [0.25, 0.3) is 0 Å². The molecule has 23 heavy (non-hydrogen) atoms. The number of sulfonamides is 1. The van der Waals surface area contributed by atoms with Gasteiger partial charge in [0.25, 0.3) is 0 Å². The molecule has 0 unspecified atom stereocenters. The SMILES string of the molecule is O=S(=O)(NC1(c2ccc(Cl)cc2)CC1)c1ccc2c(c1)OCO2. The molecular weight excluding hydrogens is 338 g/mol. The van der Waals surface area contributed by atoms with E-state index in [4.69, 9.17) is 21.1 Å². The molecule has 7 heteroatoms. The molecule has 1 saturated carbocycles. The summed E-state index contributed by atoms with van der Waals surface area (Å²) in [5.74, 6) is 1.01. The number of fused-ring (bicyclic) bond motifs is 1. The number of hydrogen-bond acceptors (Lipinski definition) is 4. The van der Waals surface area contributed by atoms with Crippen molar-refractivity contribution in [2.45, 2.75) is 23.3 Å². The van der Waals surface area contributed by atoms with Crippen LogP contribution < -0.4 is 14.2 Å². The van der Waals surface area contributed by atoms with Gasteiger partial charge in [-0.05, 0) is 42.7 Å². The molecule has 0 aromatic heterocycles. The van der Waals surface area contributed by atoms with Gasteiger partial charge in [-0.15, -0.1) is 0 Å². The Morgan fingerprint density at radius 1 is 1.00 bits per heavy atom. The minimum absolute atomic E-state index is 0.112. The van der Waals surface area contributed by atoms with Crippen molar-refractivity contribution < 1.29 is 17.9 Å². The highest BCUT2D eigenvalue weighted by Gasteiger charge is 2.47. The van der Waals surface area contributed by atoms with Crippen LogP contribution in [0.2, 0.25) is 5.02 Å². The van der Waals surface area contributed by atoms with Crippen molar-refractivity contribution in [1.82, 2.24) is 4.72 Å². The molecule has 0 bridgehead atoms. The fourth-order valence-corrected chi connectivity index (χ4v) is 4.29. The second kappa shape index (κ2) is 5.12. The largest absolute Gasteiger partial charge is 0.454 e. The van der Waals surface area contributed by atoms with Gasteiger partial charge < -0.3 is 9.47 Å². The van der Waals surface area contributed by atoms with Crippen LogP contribution in [-0.4, -0.2) is 15.2 Å². The molecular formula is C16H14ClNO4S. The summed E-state index contributed by atoms with van der Waals surface area (Å²) >= 11 is 5.90. The predicted molar refractivity (Wildman–Crippen MR) is 85.3 cm³/mol. The van der Waals surface area contributed by atoms with Crippen LogP contribution in [0.5, 0.6) is 11.5 Å². The Morgan fingerprint density at radius 2 is 1.70 bits per heavy atom. The van der Waals surface area contributed by atoms with Crippen molar-refractivity contribution in [3.63, 3.8) is 0 Å². The van der Waals surface area contributed by atoms with Gasteiger partial charge in [-0.1, -0.05) is 23.7 Å². The molecule has 2 aromatic carbocycles. The van der Waals surface area contributed by atoms with Crippen LogP contribution >= 0.6 is 11.6 Å². The summed E-state index contributed by atoms with van der Waals surface area (Å²) < 4.78 is 38.7. The summed E-state index contributed by atoms with van der Waals surface area (Å²) in [4.78, 5) is 0.169. The van der Waals surface area contributed by atoms with Gasteiger partial charge in [-0.2, -0.15) is 0 Å². The molecule has 120 valence electrons. The summed E-state index contributed by atoms with van der Waals surface area (Å²) in [6, 6.07) is 11.9. The summed E-state index contributed by atoms with van der Waals surface area (Å²) in [6.45, 7) is 0.112. The highest BCUT2D eigenvalue weighted by atomic mass is 35.5. The predicted octanol–water partition coefficient (Wildman–Crippen LogP) is 3.04. The molecule has 1 fully saturated rings. The molecule has 2 aromatic rings. The molecule has 0 atom stereocenters. The number of benzene rings is 2. The molecule has 5 nitrogen and oxygen atoms in total. The molecule has 0 saturated heterocycles. The summed E-state index contributed by atoms with van der Waals surface area (Å²) in [6.07, 6.45) is 1.52. The van der Waals surface area contributed by atoms with Gasteiger partial charge in [0.15, 0.2) is 11.5 Å². The zero-order chi connectivity index (χ0) is 16.1. The third-order valence-corrected chi connectivity index (χ3v) is 5.92. The minimum Gasteiger partial charge on any atom is -0.454 e. The third-order valence-electron chi connectivity index (χ3n) is 4.13. The Bertz CT molecular complexity index is 860. The zero-order valence-electron chi connectivity index (χ0n) is 12.1. The zero-order valence-corrected chi connectivity index (χ0v) is 13.7. The summed E-state index contributed by atoms with van der Waals surface area (Å²) in [5.41, 5.74) is 0.381. The van der Waals surface area contributed by atoms with Crippen LogP contribution in [0.1, 0.15) is 18.4 Å². The van der Waals surface area contributed by atoms with Gasteiger partial charge >= 0.3 is 0 Å². The van der Waals surface area contributed by atoms with E-state index < -0.39 is 15.6 Å². The van der Waals surface area contributed by atoms with Crippen LogP contribution in [0.4, 0.5) is 0 Å². The fourth-order valence-electron chi connectivity index (χ4n) is 2.70. The van der Waals surface area contributed by atoms with E-state index in [9.17, 15) is 8.42 Å². The van der Waals surface area contributed by atoms with E-state index in [1.807, 2.05) is 12.1 Å². The highest BCUT2D eigenvalue weighted by Crippen LogP contribution is 2.47. The van der Waals surface area contributed by atoms with Crippen LogP contribution in [0.15, 0.2) is 47.4 Å². The van der Waals surface area contributed by atoms with E-state index in [0.29, 0.717) is 16.5 Å². The first-order valence-electron chi connectivity index (χ1n) is 7.18. The summed E-state index contributed by atoms with van der Waals surface area (Å²) in [5, 5.41) is 0.628. The van der Waals surface area contributed by atoms with Gasteiger partial charge in [-0.25, -0.2) is 13.1 Å². The van der Waals surface area contributed by atoms with Crippen molar-refractivity contribution in [2.75, 3.05) is 6.79 Å². The van der Waals surface area contributed by atoms with Crippen molar-refractivity contribution >= 4 is 21.6 Å². The molecule has 1 aliphatic heterocycles. The molecule has 1 N–H and O–H groups in total. The van der Waals surface area contributed by atoms with Crippen molar-refractivity contribution in [3.8, 4) is 11.5 Å². The van der Waals surface area contributed by atoms with Crippen molar-refractivity contribution in [3.05, 3.63) is 53.1 Å². The van der Waals surface area contributed by atoms with Crippen molar-refractivity contribution in [1.29, 1.82) is 0 Å². The Morgan fingerprint density at radius 3 is 2.39 bits per heavy atom. The second-order valence-corrected chi connectivity index (χ2v) is 7.83. The fraction of sp³-hybridized carbons (Fsp3) is 0.250. The highest BCUT2D eigenvalue weighted by molar-refractivity contribution is 7.89. The number of rotatable bonds is 4. The topological polar surface area (TPSA) is 64.6 Å². The lowest BCUT2D eigenvalue weighted by atomic mass is 10.1. The standard InChI is InChI=1S/C16H14ClNO4S/c17-12-3-1-11(2-4-12)16(7-8-16)18-23(19,20)13-5-6-14-15(9-13)22-10-21-14/h1-6,9,18H,7-8,10H2. The first-order valence-corrected chi connectivity index (χ1v) is 9.04. The molecule has 0 radical (unpaired) electrons. The van der Waals surface area contributed by atoms with E-state index in [1.165, 1.54) is 12.1 Å². The van der Waals surface area contributed by atoms with Gasteiger partial charge in [-0.3, -0.25) is 0 Å². The lowest BCUT2D eigenvalue weighted by Crippen LogP contribution is -2.34.